The lowest BCUT2D eigenvalue weighted by Gasteiger charge is -2.36. The summed E-state index contributed by atoms with van der Waals surface area (Å²) in [6.07, 6.45) is 14.6. The van der Waals surface area contributed by atoms with E-state index in [2.05, 4.69) is 23.8 Å². The van der Waals surface area contributed by atoms with Crippen LogP contribution in [0.15, 0.2) is 36.4 Å². The molecule has 0 bridgehead atoms. The Labute approximate surface area is 195 Å². The Morgan fingerprint density at radius 2 is 1.72 bits per heavy atom. The van der Waals surface area contributed by atoms with E-state index in [1.54, 1.807) is 12.1 Å². The first-order valence-electron chi connectivity index (χ1n) is 12.3. The summed E-state index contributed by atoms with van der Waals surface area (Å²) in [7, 11) is 0. The zero-order valence-electron chi connectivity index (χ0n) is 19.0. The van der Waals surface area contributed by atoms with Gasteiger partial charge in [-0.15, -0.1) is 8.78 Å². The van der Waals surface area contributed by atoms with Gasteiger partial charge in [0.25, 0.3) is 0 Å². The van der Waals surface area contributed by atoms with Crippen LogP contribution in [0.5, 0.6) is 5.75 Å². The van der Waals surface area contributed by atoms with E-state index in [1.165, 1.54) is 81.2 Å². The molecule has 2 nitrogen and oxygen atoms in total. The summed E-state index contributed by atoms with van der Waals surface area (Å²) in [6, 6.07) is 10.8. The van der Waals surface area contributed by atoms with Crippen LogP contribution in [0.1, 0.15) is 76.0 Å². The van der Waals surface area contributed by atoms with Crippen molar-refractivity contribution in [2.75, 3.05) is 0 Å². The monoisotopic (exact) mass is 461 g/mol. The van der Waals surface area contributed by atoms with E-state index < -0.39 is 5.57 Å². The average Bonchev–Trinajstić information content (AvgIpc) is 2.78. The summed E-state index contributed by atoms with van der Waals surface area (Å²) in [5.41, 5.74) is 0.646. The molecule has 1 fully saturated rings. The second-order valence-electron chi connectivity index (χ2n) is 9.65. The van der Waals surface area contributed by atoms with Crippen molar-refractivity contribution in [3.63, 3.8) is 0 Å². The van der Waals surface area contributed by atoms with Gasteiger partial charge in [-0.05, 0) is 85.8 Å². The van der Waals surface area contributed by atoms with E-state index in [0.717, 1.165) is 41.9 Å². The van der Waals surface area contributed by atoms with Gasteiger partial charge in [-0.1, -0.05) is 51.5 Å². The van der Waals surface area contributed by atoms with Crippen molar-refractivity contribution in [3.8, 4) is 17.0 Å². The van der Waals surface area contributed by atoms with Crippen LogP contribution in [0, 0.1) is 17.8 Å². The largest absolute Gasteiger partial charge is 0.487 e. The predicted molar refractivity (Wildman–Crippen MR) is 126 cm³/mol. The van der Waals surface area contributed by atoms with Crippen molar-refractivity contribution in [1.82, 2.24) is 4.98 Å². The quantitative estimate of drug-likeness (QED) is 0.290. The van der Waals surface area contributed by atoms with Gasteiger partial charge >= 0.3 is 5.57 Å². The number of hydrogen-bond donors (Lipinski definition) is 0. The molecule has 1 unspecified atom stereocenters. The molecule has 4 rings (SSSR count). The molecular weight excluding hydrogens is 428 g/mol. The van der Waals surface area contributed by atoms with Crippen LogP contribution >= 0.6 is 11.6 Å². The Morgan fingerprint density at radius 3 is 2.41 bits per heavy atom. The third-order valence-corrected chi connectivity index (χ3v) is 7.54. The highest BCUT2D eigenvalue weighted by Gasteiger charge is 2.31. The summed E-state index contributed by atoms with van der Waals surface area (Å²) < 4.78 is 30.0. The smallest absolute Gasteiger partial charge is 0.420 e. The number of rotatable bonds is 8. The van der Waals surface area contributed by atoms with Gasteiger partial charge in [0.05, 0.1) is 5.69 Å². The van der Waals surface area contributed by atoms with E-state index in [1.807, 2.05) is 0 Å². The van der Waals surface area contributed by atoms with E-state index in [9.17, 15) is 8.78 Å². The lowest BCUT2D eigenvalue weighted by Crippen LogP contribution is -2.27. The molecule has 0 radical (unpaired) electrons. The normalized spacial score (nSPS) is 23.6. The van der Waals surface area contributed by atoms with Crippen molar-refractivity contribution in [3.05, 3.63) is 47.7 Å². The number of hydrogen-bond acceptors (Lipinski definition) is 2. The second kappa shape index (κ2) is 10.5. The van der Waals surface area contributed by atoms with Crippen molar-refractivity contribution < 1.29 is 13.5 Å². The van der Waals surface area contributed by atoms with Crippen molar-refractivity contribution in [1.29, 1.82) is 0 Å². The van der Waals surface area contributed by atoms with Crippen LogP contribution in [-0.4, -0.2) is 10.6 Å². The number of aromatic nitrogens is 1. The van der Waals surface area contributed by atoms with Gasteiger partial charge in [0.2, 0.25) is 0 Å². The number of aryl methyl sites for hydroxylation is 1. The fraction of sp³-hybridized carbons (Fsp3) is 0.593. The average molecular weight is 462 g/mol. The van der Waals surface area contributed by atoms with Gasteiger partial charge in [0, 0.05) is 22.9 Å². The maximum absolute atomic E-state index is 12.8. The lowest BCUT2D eigenvalue weighted by atomic mass is 9.70. The van der Waals surface area contributed by atoms with Crippen LogP contribution in [0.3, 0.4) is 0 Å². The van der Waals surface area contributed by atoms with E-state index in [-0.39, 0.29) is 5.75 Å². The summed E-state index contributed by atoms with van der Waals surface area (Å²) in [5.74, 6) is 2.67. The Balaban J connectivity index is 1.34. The molecule has 0 amide bonds. The first kappa shape index (κ1) is 23.5. The first-order valence-corrected chi connectivity index (χ1v) is 12.6. The van der Waals surface area contributed by atoms with Crippen LogP contribution in [0.4, 0.5) is 8.78 Å². The molecule has 2 aliphatic rings. The Kier molecular flexibility index (Phi) is 7.70. The maximum Gasteiger partial charge on any atom is 0.487 e. The standard InChI is InChI=1S/C27H34ClF2NO/c1-2-3-4-5-19-6-8-20(9-7-19)22-12-16-26-23(18-22)13-17-25(31-26)21-10-14-24(15-11-21)32-27(28,29)30/h10-11,13-15,17,19-20,22H,2-9,12,16,18H2,1H3. The summed E-state index contributed by atoms with van der Waals surface area (Å²) in [4.78, 5) is 4.91. The van der Waals surface area contributed by atoms with Crippen LogP contribution in [0.25, 0.3) is 11.3 Å². The minimum atomic E-state index is -3.70. The van der Waals surface area contributed by atoms with Crippen LogP contribution < -0.4 is 4.74 Å². The minimum absolute atomic E-state index is 0.0367. The fourth-order valence-corrected chi connectivity index (χ4v) is 5.75. The van der Waals surface area contributed by atoms with Gasteiger partial charge in [0.1, 0.15) is 5.75 Å². The molecule has 5 heteroatoms. The molecule has 1 heterocycles. The topological polar surface area (TPSA) is 22.1 Å². The molecule has 0 aliphatic heterocycles. The van der Waals surface area contributed by atoms with Gasteiger partial charge in [-0.25, -0.2) is 0 Å². The van der Waals surface area contributed by atoms with Crippen molar-refractivity contribution in [2.45, 2.75) is 83.1 Å². The number of fused-ring (bicyclic) bond motifs is 1. The SMILES string of the molecule is CCCCCC1CCC(C2CCc3nc(-c4ccc(OC(F)(F)Cl)cc4)ccc3C2)CC1. The Morgan fingerprint density at radius 1 is 0.969 bits per heavy atom. The highest BCUT2D eigenvalue weighted by atomic mass is 35.5. The van der Waals surface area contributed by atoms with E-state index in [0.29, 0.717) is 0 Å². The molecule has 1 atom stereocenters. The number of unbranched alkanes of at least 4 members (excludes halogenated alkanes) is 2. The van der Waals surface area contributed by atoms with E-state index >= 15 is 0 Å². The fourth-order valence-electron chi connectivity index (χ4n) is 5.66. The summed E-state index contributed by atoms with van der Waals surface area (Å²) in [6.45, 7) is 2.28. The van der Waals surface area contributed by atoms with E-state index in [4.69, 9.17) is 16.6 Å². The molecule has 0 spiro atoms. The number of pyridine rings is 1. The number of benzene rings is 1. The molecule has 1 saturated carbocycles. The highest BCUT2D eigenvalue weighted by molar-refractivity contribution is 6.20. The molecule has 174 valence electrons. The highest BCUT2D eigenvalue weighted by Crippen LogP contribution is 2.41. The van der Waals surface area contributed by atoms with Gasteiger partial charge < -0.3 is 4.74 Å². The summed E-state index contributed by atoms with van der Waals surface area (Å²) >= 11 is 4.84. The van der Waals surface area contributed by atoms with Gasteiger partial charge in [-0.2, -0.15) is 0 Å². The number of nitrogens with zero attached hydrogens (tertiary/aromatic N) is 1. The third kappa shape index (κ3) is 6.21. The second-order valence-corrected chi connectivity index (χ2v) is 10.1. The predicted octanol–water partition coefficient (Wildman–Crippen LogP) is 8.41. The van der Waals surface area contributed by atoms with Gasteiger partial charge in [0.15, 0.2) is 0 Å². The number of halogens is 3. The molecule has 2 aromatic rings. The van der Waals surface area contributed by atoms with Crippen molar-refractivity contribution in [2.24, 2.45) is 17.8 Å². The first-order chi connectivity index (χ1) is 15.4. The van der Waals surface area contributed by atoms with Crippen LogP contribution in [-0.2, 0) is 12.8 Å². The Hall–Kier alpha value is -1.68. The Bertz CT molecular complexity index is 872. The molecule has 0 N–H and O–H groups in total. The van der Waals surface area contributed by atoms with Crippen molar-refractivity contribution >= 4 is 11.6 Å². The molecular formula is C27H34ClF2NO. The number of ether oxygens (including phenoxy) is 1. The molecule has 1 aromatic heterocycles. The lowest BCUT2D eigenvalue weighted by molar-refractivity contribution is -0.0964. The summed E-state index contributed by atoms with van der Waals surface area (Å²) in [5, 5.41) is 0. The number of alkyl halides is 3. The molecule has 2 aliphatic carbocycles. The third-order valence-electron chi connectivity index (χ3n) is 7.46. The molecule has 1 aromatic carbocycles. The zero-order chi connectivity index (χ0) is 22.6. The maximum atomic E-state index is 12.8. The van der Waals surface area contributed by atoms with Crippen LogP contribution in [0.2, 0.25) is 0 Å². The minimum Gasteiger partial charge on any atom is -0.420 e. The molecule has 0 saturated heterocycles. The zero-order valence-corrected chi connectivity index (χ0v) is 19.7. The molecule has 32 heavy (non-hydrogen) atoms. The van der Waals surface area contributed by atoms with Gasteiger partial charge in [-0.3, -0.25) is 4.98 Å².